The van der Waals surface area contributed by atoms with Gasteiger partial charge >= 0.3 is 0 Å². The van der Waals surface area contributed by atoms with Gasteiger partial charge in [0, 0.05) is 13.2 Å². The minimum Gasteiger partial charge on any atom is -0.393 e. The molecule has 2 fully saturated rings. The Hall–Kier alpha value is -0.120. The van der Waals surface area contributed by atoms with Crippen LogP contribution in [0.25, 0.3) is 0 Å². The van der Waals surface area contributed by atoms with Crippen LogP contribution in [-0.2, 0) is 4.74 Å². The van der Waals surface area contributed by atoms with E-state index < -0.39 is 0 Å². The average Bonchev–Trinajstić information content (AvgIpc) is 2.17. The molecular weight excluding hydrogens is 178 g/mol. The van der Waals surface area contributed by atoms with E-state index in [9.17, 15) is 0 Å². The molecule has 2 N–H and O–H groups in total. The van der Waals surface area contributed by atoms with E-state index in [1.54, 1.807) is 0 Å². The molecule has 2 aliphatic rings. The van der Waals surface area contributed by atoms with Crippen LogP contribution >= 0.6 is 0 Å². The summed E-state index contributed by atoms with van der Waals surface area (Å²) in [6.45, 7) is 2.98. The van der Waals surface area contributed by atoms with E-state index in [2.05, 4.69) is 5.32 Å². The molecule has 2 rings (SSSR count). The number of rotatable bonds is 4. The summed E-state index contributed by atoms with van der Waals surface area (Å²) in [6.07, 6.45) is 6.14. The molecule has 0 radical (unpaired) electrons. The van der Waals surface area contributed by atoms with Crippen LogP contribution in [0.3, 0.4) is 0 Å². The predicted molar refractivity (Wildman–Crippen MR) is 55.2 cm³/mol. The molecule has 0 aromatic heterocycles. The first-order chi connectivity index (χ1) is 6.84. The molecule has 3 nitrogen and oxygen atoms in total. The number of aliphatic hydroxyl groups is 1. The van der Waals surface area contributed by atoms with Gasteiger partial charge in [-0.2, -0.15) is 0 Å². The molecule has 3 heteroatoms. The summed E-state index contributed by atoms with van der Waals surface area (Å²) in [6, 6.07) is 0. The van der Waals surface area contributed by atoms with E-state index in [-0.39, 0.29) is 6.10 Å². The first-order valence-corrected chi connectivity index (χ1v) is 5.85. The van der Waals surface area contributed by atoms with Crippen LogP contribution < -0.4 is 5.32 Å². The summed E-state index contributed by atoms with van der Waals surface area (Å²) in [5, 5.41) is 12.6. The van der Waals surface area contributed by atoms with Gasteiger partial charge in [-0.15, -0.1) is 0 Å². The van der Waals surface area contributed by atoms with Gasteiger partial charge < -0.3 is 15.2 Å². The molecule has 82 valence electrons. The standard InChI is InChI=1S/C11H21NO2/c13-10-5-9(6-10)7-12-8-11-3-1-2-4-14-11/h9-13H,1-8H2. The zero-order chi connectivity index (χ0) is 9.80. The van der Waals surface area contributed by atoms with Gasteiger partial charge in [0.05, 0.1) is 12.2 Å². The lowest BCUT2D eigenvalue weighted by molar-refractivity contribution is 0.0113. The largest absolute Gasteiger partial charge is 0.393 e. The van der Waals surface area contributed by atoms with E-state index in [0.717, 1.165) is 32.5 Å². The van der Waals surface area contributed by atoms with Gasteiger partial charge in [0.15, 0.2) is 0 Å². The third-order valence-corrected chi connectivity index (χ3v) is 3.29. The average molecular weight is 199 g/mol. The Morgan fingerprint density at radius 1 is 1.21 bits per heavy atom. The van der Waals surface area contributed by atoms with Gasteiger partial charge in [0.25, 0.3) is 0 Å². The van der Waals surface area contributed by atoms with Crippen molar-refractivity contribution in [3.05, 3.63) is 0 Å². The second kappa shape index (κ2) is 5.10. The number of nitrogens with one attached hydrogen (secondary N) is 1. The molecular formula is C11H21NO2. The molecule has 1 unspecified atom stereocenters. The maximum atomic E-state index is 9.11. The highest BCUT2D eigenvalue weighted by Gasteiger charge is 2.26. The van der Waals surface area contributed by atoms with Crippen LogP contribution in [0.4, 0.5) is 0 Å². The molecule has 1 heterocycles. The molecule has 1 aliphatic heterocycles. The maximum Gasteiger partial charge on any atom is 0.0699 e. The quantitative estimate of drug-likeness (QED) is 0.707. The molecule has 0 spiro atoms. The number of hydrogen-bond donors (Lipinski definition) is 2. The van der Waals surface area contributed by atoms with Crippen molar-refractivity contribution in [2.45, 2.75) is 44.3 Å². The van der Waals surface area contributed by atoms with Crippen LogP contribution in [0.1, 0.15) is 32.1 Å². The Morgan fingerprint density at radius 2 is 2.07 bits per heavy atom. The molecule has 1 atom stereocenters. The smallest absolute Gasteiger partial charge is 0.0699 e. The number of hydrogen-bond acceptors (Lipinski definition) is 3. The van der Waals surface area contributed by atoms with E-state index in [1.807, 2.05) is 0 Å². The van der Waals surface area contributed by atoms with Gasteiger partial charge in [0.2, 0.25) is 0 Å². The van der Waals surface area contributed by atoms with Crippen LogP contribution in [-0.4, -0.2) is 37.0 Å². The lowest BCUT2D eigenvalue weighted by Gasteiger charge is -2.32. The molecule has 0 aromatic rings. The summed E-state index contributed by atoms with van der Waals surface area (Å²) in [5.74, 6) is 0.702. The van der Waals surface area contributed by atoms with Crippen molar-refractivity contribution in [2.75, 3.05) is 19.7 Å². The third-order valence-electron chi connectivity index (χ3n) is 3.29. The van der Waals surface area contributed by atoms with Gasteiger partial charge in [0.1, 0.15) is 0 Å². The van der Waals surface area contributed by atoms with E-state index >= 15 is 0 Å². The van der Waals surface area contributed by atoms with E-state index in [1.165, 1.54) is 19.3 Å². The van der Waals surface area contributed by atoms with E-state index in [0.29, 0.717) is 12.0 Å². The SMILES string of the molecule is OC1CC(CNCC2CCCCO2)C1. The molecule has 0 aromatic carbocycles. The Kier molecular flexibility index (Phi) is 3.79. The van der Waals surface area contributed by atoms with Crippen LogP contribution in [0, 0.1) is 5.92 Å². The number of ether oxygens (including phenoxy) is 1. The van der Waals surface area contributed by atoms with Crippen LogP contribution in [0.15, 0.2) is 0 Å². The Bertz CT molecular complexity index is 163. The fourth-order valence-electron chi connectivity index (χ4n) is 2.28. The molecule has 14 heavy (non-hydrogen) atoms. The van der Waals surface area contributed by atoms with Crippen molar-refractivity contribution in [3.63, 3.8) is 0 Å². The summed E-state index contributed by atoms with van der Waals surface area (Å²) < 4.78 is 5.62. The van der Waals surface area contributed by atoms with Gasteiger partial charge in [-0.25, -0.2) is 0 Å². The molecule has 1 saturated heterocycles. The van der Waals surface area contributed by atoms with Crippen molar-refractivity contribution in [1.29, 1.82) is 0 Å². The van der Waals surface area contributed by atoms with Gasteiger partial charge in [-0.05, 0) is 44.6 Å². The normalized spacial score (nSPS) is 37.9. The molecule has 1 saturated carbocycles. The van der Waals surface area contributed by atoms with Crippen LogP contribution in [0.5, 0.6) is 0 Å². The highest BCUT2D eigenvalue weighted by Crippen LogP contribution is 2.26. The second-order valence-corrected chi connectivity index (χ2v) is 4.64. The van der Waals surface area contributed by atoms with Gasteiger partial charge in [-0.3, -0.25) is 0 Å². The fraction of sp³-hybridized carbons (Fsp3) is 1.00. The van der Waals surface area contributed by atoms with E-state index in [4.69, 9.17) is 9.84 Å². The number of aliphatic hydroxyl groups excluding tert-OH is 1. The van der Waals surface area contributed by atoms with Crippen molar-refractivity contribution >= 4 is 0 Å². The zero-order valence-corrected chi connectivity index (χ0v) is 8.74. The first kappa shape index (κ1) is 10.4. The lowest BCUT2D eigenvalue weighted by atomic mass is 9.82. The summed E-state index contributed by atoms with van der Waals surface area (Å²) in [5.41, 5.74) is 0. The topological polar surface area (TPSA) is 41.5 Å². The highest BCUT2D eigenvalue weighted by molar-refractivity contribution is 4.80. The Balaban J connectivity index is 1.50. The Labute approximate surface area is 85.8 Å². The first-order valence-electron chi connectivity index (χ1n) is 5.85. The van der Waals surface area contributed by atoms with Crippen LogP contribution in [0.2, 0.25) is 0 Å². The summed E-state index contributed by atoms with van der Waals surface area (Å²) in [4.78, 5) is 0. The predicted octanol–water partition coefficient (Wildman–Crippen LogP) is 0.916. The van der Waals surface area contributed by atoms with Crippen molar-refractivity contribution in [3.8, 4) is 0 Å². The van der Waals surface area contributed by atoms with Crippen molar-refractivity contribution < 1.29 is 9.84 Å². The maximum absolute atomic E-state index is 9.11. The fourth-order valence-corrected chi connectivity index (χ4v) is 2.28. The molecule has 0 amide bonds. The molecule has 0 bridgehead atoms. The monoisotopic (exact) mass is 199 g/mol. The summed E-state index contributed by atoms with van der Waals surface area (Å²) >= 11 is 0. The summed E-state index contributed by atoms with van der Waals surface area (Å²) in [7, 11) is 0. The van der Waals surface area contributed by atoms with Crippen molar-refractivity contribution in [2.24, 2.45) is 5.92 Å². The Morgan fingerprint density at radius 3 is 2.71 bits per heavy atom. The minimum absolute atomic E-state index is 0.0206. The third kappa shape index (κ3) is 2.94. The highest BCUT2D eigenvalue weighted by atomic mass is 16.5. The zero-order valence-electron chi connectivity index (χ0n) is 8.74. The molecule has 1 aliphatic carbocycles. The minimum atomic E-state index is -0.0206. The van der Waals surface area contributed by atoms with Gasteiger partial charge in [-0.1, -0.05) is 0 Å². The van der Waals surface area contributed by atoms with Crippen molar-refractivity contribution in [1.82, 2.24) is 5.32 Å². The lowest BCUT2D eigenvalue weighted by Crippen LogP contribution is -2.39. The second-order valence-electron chi connectivity index (χ2n) is 4.64.